The number of alkyl halides is 2. The minimum atomic E-state index is -0.877. The number of rotatable bonds is 3. The molecule has 7 rings (SSSR count). The van der Waals surface area contributed by atoms with Crippen LogP contribution in [0.5, 0.6) is 0 Å². The number of anilines is 1. The topological polar surface area (TPSA) is 63.7 Å². The van der Waals surface area contributed by atoms with Crippen LogP contribution in [-0.4, -0.2) is 24.4 Å². The number of halogens is 3. The predicted molar refractivity (Wildman–Crippen MR) is 139 cm³/mol. The second-order valence-corrected chi connectivity index (χ2v) is 11.8. The summed E-state index contributed by atoms with van der Waals surface area (Å²) in [6.07, 6.45) is 0. The summed E-state index contributed by atoms with van der Waals surface area (Å²) in [4.78, 5) is 41.9. The maximum Gasteiger partial charge on any atom is 0.339 e. The van der Waals surface area contributed by atoms with Gasteiger partial charge in [-0.05, 0) is 47.4 Å². The lowest BCUT2D eigenvalue weighted by Crippen LogP contribution is -2.56. The lowest BCUT2D eigenvalue weighted by atomic mass is 9.54. The molecule has 3 aliphatic carbocycles. The Morgan fingerprint density at radius 1 is 0.886 bits per heavy atom. The molecule has 1 aliphatic heterocycles. The molecule has 3 aromatic rings. The normalized spacial score (nSPS) is 27.9. The van der Waals surface area contributed by atoms with E-state index in [1.165, 1.54) is 17.0 Å². The van der Waals surface area contributed by atoms with E-state index >= 15 is 0 Å². The van der Waals surface area contributed by atoms with Crippen molar-refractivity contribution in [1.82, 2.24) is 0 Å². The van der Waals surface area contributed by atoms with Gasteiger partial charge >= 0.3 is 5.97 Å². The van der Waals surface area contributed by atoms with Gasteiger partial charge in [0, 0.05) is 0 Å². The molecule has 0 aromatic heterocycles. The highest BCUT2D eigenvalue weighted by atomic mass is 79.9. The molecule has 1 heterocycles. The van der Waals surface area contributed by atoms with Crippen LogP contribution in [0, 0.1) is 11.8 Å². The molecule has 2 amide bonds. The van der Waals surface area contributed by atoms with Crippen molar-refractivity contribution < 1.29 is 19.1 Å². The first-order valence-corrected chi connectivity index (χ1v) is 13.1. The lowest BCUT2D eigenvalue weighted by molar-refractivity contribution is -0.122. The average molecular weight is 616 g/mol. The van der Waals surface area contributed by atoms with Crippen molar-refractivity contribution in [2.75, 3.05) is 11.5 Å². The monoisotopic (exact) mass is 613 g/mol. The number of carbonyl (C=O) groups excluding carboxylic acids is 3. The molecular formula is C27H18Br2ClNO4. The van der Waals surface area contributed by atoms with E-state index < -0.39 is 26.5 Å². The summed E-state index contributed by atoms with van der Waals surface area (Å²) in [5.41, 5.74) is 4.25. The van der Waals surface area contributed by atoms with Gasteiger partial charge in [-0.25, -0.2) is 9.69 Å². The van der Waals surface area contributed by atoms with E-state index in [9.17, 15) is 14.4 Å². The van der Waals surface area contributed by atoms with Gasteiger partial charge in [-0.3, -0.25) is 9.59 Å². The van der Waals surface area contributed by atoms with Gasteiger partial charge in [0.25, 0.3) is 0 Å². The number of esters is 1. The van der Waals surface area contributed by atoms with Crippen LogP contribution >= 0.6 is 43.5 Å². The van der Waals surface area contributed by atoms with E-state index in [4.69, 9.17) is 16.3 Å². The fourth-order valence-electron chi connectivity index (χ4n) is 5.94. The van der Waals surface area contributed by atoms with Gasteiger partial charge in [0.1, 0.15) is 0 Å². The van der Waals surface area contributed by atoms with Crippen molar-refractivity contribution in [2.24, 2.45) is 11.8 Å². The number of benzene rings is 3. The van der Waals surface area contributed by atoms with Gasteiger partial charge in [-0.1, -0.05) is 92.0 Å². The standard InChI is InChI=1S/C27H18Br2ClNO4/c1-2-35-25(34)15-13-14(11-12-20(15)30)31-23(32)21-22(24(31)33)27(29)17-8-4-3-7-16(17)26(21,28)18-9-5-6-10-19(18)27/h3-13,21-22H,2H2,1H3/t21-,22-,26?,27?/m0/s1. The van der Waals surface area contributed by atoms with E-state index in [2.05, 4.69) is 31.9 Å². The van der Waals surface area contributed by atoms with Crippen LogP contribution in [0.2, 0.25) is 5.02 Å². The molecule has 35 heavy (non-hydrogen) atoms. The SMILES string of the molecule is CCOC(=O)c1cc(N2C(=O)[C@@H]3[C@@H](C2=O)C2(Br)c4ccccc4C3(Br)c3ccccc32)ccc1Cl. The van der Waals surface area contributed by atoms with E-state index in [0.717, 1.165) is 22.3 Å². The maximum atomic E-state index is 14.1. The molecule has 2 bridgehead atoms. The first-order valence-electron chi connectivity index (χ1n) is 11.2. The van der Waals surface area contributed by atoms with Gasteiger partial charge < -0.3 is 4.74 Å². The smallest absolute Gasteiger partial charge is 0.339 e. The number of carbonyl (C=O) groups is 3. The van der Waals surface area contributed by atoms with Crippen molar-refractivity contribution >= 4 is 66.9 Å². The quantitative estimate of drug-likeness (QED) is 0.208. The zero-order chi connectivity index (χ0) is 24.7. The number of hydrogen-bond acceptors (Lipinski definition) is 4. The van der Waals surface area contributed by atoms with Crippen LogP contribution in [0.4, 0.5) is 5.69 Å². The predicted octanol–water partition coefficient (Wildman–Crippen LogP) is 5.93. The van der Waals surface area contributed by atoms with Crippen LogP contribution in [-0.2, 0) is 23.0 Å². The molecule has 0 unspecified atom stereocenters. The van der Waals surface area contributed by atoms with Crippen molar-refractivity contribution in [3.05, 3.63) is 99.6 Å². The number of imide groups is 1. The molecule has 3 aromatic carbocycles. The van der Waals surface area contributed by atoms with Crippen molar-refractivity contribution in [2.45, 2.75) is 15.6 Å². The number of ether oxygens (including phenoxy) is 1. The van der Waals surface area contributed by atoms with Gasteiger partial charge in [0.05, 0.1) is 43.4 Å². The van der Waals surface area contributed by atoms with Crippen LogP contribution in [0.15, 0.2) is 66.7 Å². The number of nitrogens with zero attached hydrogens (tertiary/aromatic N) is 1. The van der Waals surface area contributed by atoms with Gasteiger partial charge in [0.15, 0.2) is 0 Å². The molecule has 1 fully saturated rings. The molecule has 4 aliphatic rings. The molecule has 8 heteroatoms. The molecule has 0 spiro atoms. The largest absolute Gasteiger partial charge is 0.462 e. The lowest BCUT2D eigenvalue weighted by Gasteiger charge is -2.55. The van der Waals surface area contributed by atoms with Crippen molar-refractivity contribution in [3.63, 3.8) is 0 Å². The van der Waals surface area contributed by atoms with E-state index in [0.29, 0.717) is 5.69 Å². The summed E-state index contributed by atoms with van der Waals surface area (Å²) in [5, 5.41) is 0.192. The second-order valence-electron chi connectivity index (χ2n) is 8.87. The Morgan fingerprint density at radius 3 is 1.77 bits per heavy atom. The Balaban J connectivity index is 1.56. The Hall–Kier alpha value is -2.48. The minimum Gasteiger partial charge on any atom is -0.462 e. The van der Waals surface area contributed by atoms with Crippen LogP contribution in [0.25, 0.3) is 0 Å². The summed E-state index contributed by atoms with van der Waals surface area (Å²) < 4.78 is 3.36. The Bertz CT molecular complexity index is 1330. The minimum absolute atomic E-state index is 0.109. The molecule has 0 saturated carbocycles. The summed E-state index contributed by atoms with van der Waals surface area (Å²) in [7, 11) is 0. The third-order valence-electron chi connectivity index (χ3n) is 7.29. The van der Waals surface area contributed by atoms with Crippen LogP contribution in [0.1, 0.15) is 39.5 Å². The highest BCUT2D eigenvalue weighted by Crippen LogP contribution is 2.70. The van der Waals surface area contributed by atoms with Crippen LogP contribution < -0.4 is 4.90 Å². The van der Waals surface area contributed by atoms with Gasteiger partial charge in [0.2, 0.25) is 11.8 Å². The summed E-state index contributed by atoms with van der Waals surface area (Å²) >= 11 is 14.2. The molecular weight excluding hydrogens is 598 g/mol. The van der Waals surface area contributed by atoms with E-state index in [1.807, 2.05) is 48.5 Å². The molecule has 5 nitrogen and oxygen atoms in total. The fraction of sp³-hybridized carbons (Fsp3) is 0.222. The fourth-order valence-corrected chi connectivity index (χ4v) is 8.44. The first-order chi connectivity index (χ1) is 16.8. The maximum absolute atomic E-state index is 14.1. The molecule has 0 radical (unpaired) electrons. The Morgan fingerprint density at radius 2 is 1.34 bits per heavy atom. The Kier molecular flexibility index (Phi) is 5.09. The first kappa shape index (κ1) is 23.0. The van der Waals surface area contributed by atoms with Gasteiger partial charge in [-0.15, -0.1) is 0 Å². The summed E-state index contributed by atoms with van der Waals surface area (Å²) in [5.74, 6) is -2.66. The number of amides is 2. The molecule has 176 valence electrons. The van der Waals surface area contributed by atoms with Crippen molar-refractivity contribution in [3.8, 4) is 0 Å². The van der Waals surface area contributed by atoms with Crippen molar-refractivity contribution in [1.29, 1.82) is 0 Å². The Labute approximate surface area is 223 Å². The average Bonchev–Trinajstić information content (AvgIpc) is 3.14. The summed E-state index contributed by atoms with van der Waals surface area (Å²) in [6, 6.07) is 20.4. The molecule has 0 N–H and O–H groups in total. The van der Waals surface area contributed by atoms with Gasteiger partial charge in [-0.2, -0.15) is 0 Å². The zero-order valence-electron chi connectivity index (χ0n) is 18.4. The molecule has 1 saturated heterocycles. The van der Waals surface area contributed by atoms with E-state index in [1.54, 1.807) is 13.0 Å². The molecule has 2 atom stereocenters. The summed E-state index contributed by atoms with van der Waals surface area (Å²) in [6.45, 7) is 1.88. The second kappa shape index (κ2) is 7.76. The highest BCUT2D eigenvalue weighted by Gasteiger charge is 2.72. The highest BCUT2D eigenvalue weighted by molar-refractivity contribution is 9.10. The third-order valence-corrected chi connectivity index (χ3v) is 10.3. The zero-order valence-corrected chi connectivity index (χ0v) is 22.4. The van der Waals surface area contributed by atoms with Crippen LogP contribution in [0.3, 0.4) is 0 Å². The third kappa shape index (κ3) is 2.77. The number of hydrogen-bond donors (Lipinski definition) is 0. The van der Waals surface area contributed by atoms with E-state index in [-0.39, 0.29) is 29.0 Å².